The summed E-state index contributed by atoms with van der Waals surface area (Å²) in [4.78, 5) is 16.0. The lowest BCUT2D eigenvalue weighted by Gasteiger charge is -2.38. The van der Waals surface area contributed by atoms with Crippen molar-refractivity contribution in [3.8, 4) is 5.88 Å². The second-order valence-electron chi connectivity index (χ2n) is 10.1. The number of sulfonamides is 1. The van der Waals surface area contributed by atoms with Crippen molar-refractivity contribution in [2.75, 3.05) is 19.8 Å². The Morgan fingerprint density at radius 3 is 2.59 bits per heavy atom. The van der Waals surface area contributed by atoms with Gasteiger partial charge in [0, 0.05) is 25.6 Å². The van der Waals surface area contributed by atoms with Crippen LogP contribution in [0.5, 0.6) is 5.88 Å². The molecule has 3 heterocycles. The van der Waals surface area contributed by atoms with Crippen LogP contribution >= 0.6 is 0 Å². The summed E-state index contributed by atoms with van der Waals surface area (Å²) in [6.07, 6.45) is 3.10. The van der Waals surface area contributed by atoms with Gasteiger partial charge in [-0.05, 0) is 62.4 Å². The number of aryl methyl sites for hydroxylation is 2. The zero-order valence-electron chi connectivity index (χ0n) is 20.1. The van der Waals surface area contributed by atoms with Crippen molar-refractivity contribution in [2.24, 2.45) is 5.41 Å². The highest BCUT2D eigenvalue weighted by atomic mass is 32.2. The molecule has 8 nitrogen and oxygen atoms in total. The molecule has 2 aromatic rings. The van der Waals surface area contributed by atoms with Crippen molar-refractivity contribution in [1.29, 1.82) is 0 Å². The molecule has 2 aliphatic heterocycles. The predicted octanol–water partition coefficient (Wildman–Crippen LogP) is 3.48. The Bertz CT molecular complexity index is 1200. The Kier molecular flexibility index (Phi) is 6.48. The van der Waals surface area contributed by atoms with E-state index in [0.717, 1.165) is 22.3 Å². The molecule has 1 saturated heterocycles. The van der Waals surface area contributed by atoms with Crippen LogP contribution in [-0.4, -0.2) is 54.1 Å². The summed E-state index contributed by atoms with van der Waals surface area (Å²) in [7, 11) is -3.88. The smallest absolute Gasteiger partial charge is 0.309 e. The monoisotopic (exact) mass is 488 g/mol. The highest BCUT2D eigenvalue weighted by molar-refractivity contribution is 7.89. The number of fused-ring (bicyclic) bond motifs is 1. The Morgan fingerprint density at radius 1 is 1.21 bits per heavy atom. The van der Waals surface area contributed by atoms with Crippen LogP contribution in [0.2, 0.25) is 0 Å². The predicted molar refractivity (Wildman–Crippen MR) is 126 cm³/mol. The van der Waals surface area contributed by atoms with Crippen molar-refractivity contribution in [2.45, 2.75) is 64.0 Å². The fraction of sp³-hybridized carbons (Fsp3) is 0.520. The number of pyridine rings is 1. The van der Waals surface area contributed by atoms with E-state index in [4.69, 9.17) is 9.47 Å². The van der Waals surface area contributed by atoms with Crippen LogP contribution < -0.4 is 4.74 Å². The molecule has 0 aliphatic carbocycles. The summed E-state index contributed by atoms with van der Waals surface area (Å²) in [6.45, 7) is 8.46. The SMILES string of the molecule is Cc1cnc2c(c1)S(=O)(=O)N(Cc1cc(CC(C)(C)C(=O)O)ccc1C)CC1(CCOCC1)O2. The summed E-state index contributed by atoms with van der Waals surface area (Å²) in [5, 5.41) is 9.53. The number of carbonyl (C=O) groups is 1. The molecule has 1 aromatic carbocycles. The van der Waals surface area contributed by atoms with Gasteiger partial charge in [-0.2, -0.15) is 4.31 Å². The minimum Gasteiger partial charge on any atom is -0.481 e. The summed E-state index contributed by atoms with van der Waals surface area (Å²) < 4.78 is 41.0. The number of carboxylic acid groups (broad SMARTS) is 1. The van der Waals surface area contributed by atoms with Crippen LogP contribution in [0.4, 0.5) is 0 Å². The molecule has 0 unspecified atom stereocenters. The van der Waals surface area contributed by atoms with Gasteiger partial charge in [0.2, 0.25) is 15.9 Å². The molecule has 0 amide bonds. The first-order chi connectivity index (χ1) is 15.9. The van der Waals surface area contributed by atoms with E-state index < -0.39 is 27.0 Å². The summed E-state index contributed by atoms with van der Waals surface area (Å²) in [5.41, 5.74) is 1.74. The Balaban J connectivity index is 1.74. The first-order valence-corrected chi connectivity index (χ1v) is 12.9. The number of carboxylic acids is 1. The first kappa shape index (κ1) is 24.6. The van der Waals surface area contributed by atoms with Gasteiger partial charge in [-0.1, -0.05) is 18.2 Å². The third-order valence-corrected chi connectivity index (χ3v) is 8.53. The van der Waals surface area contributed by atoms with Crippen LogP contribution in [0.1, 0.15) is 48.9 Å². The van der Waals surface area contributed by atoms with Crippen molar-refractivity contribution in [3.63, 3.8) is 0 Å². The van der Waals surface area contributed by atoms with Crippen LogP contribution in [0.15, 0.2) is 35.4 Å². The molecule has 1 spiro atoms. The van der Waals surface area contributed by atoms with Gasteiger partial charge in [-0.15, -0.1) is 0 Å². The maximum absolute atomic E-state index is 13.8. The lowest BCUT2D eigenvalue weighted by atomic mass is 9.85. The van der Waals surface area contributed by atoms with Gasteiger partial charge >= 0.3 is 5.97 Å². The van der Waals surface area contributed by atoms with Crippen molar-refractivity contribution < 1.29 is 27.8 Å². The number of rotatable bonds is 5. The minimum absolute atomic E-state index is 0.0803. The summed E-state index contributed by atoms with van der Waals surface area (Å²) in [6, 6.07) is 7.37. The molecular weight excluding hydrogens is 456 g/mol. The van der Waals surface area contributed by atoms with Gasteiger partial charge < -0.3 is 14.6 Å². The topological polar surface area (TPSA) is 106 Å². The molecule has 4 rings (SSSR count). The van der Waals surface area contributed by atoms with E-state index in [1.165, 1.54) is 4.31 Å². The third kappa shape index (κ3) is 4.82. The van der Waals surface area contributed by atoms with E-state index in [0.29, 0.717) is 32.5 Å². The van der Waals surface area contributed by atoms with E-state index in [2.05, 4.69) is 4.98 Å². The van der Waals surface area contributed by atoms with Crippen LogP contribution in [-0.2, 0) is 32.5 Å². The molecule has 0 radical (unpaired) electrons. The number of aromatic nitrogens is 1. The standard InChI is InChI=1S/C25H32N2O6S/c1-17-11-21-22(26-14-17)33-25(7-9-32-10-8-25)16-27(34(21,30)31)15-20-12-19(6-5-18(20)2)13-24(3,4)23(28)29/h5-6,11-12,14H,7-10,13,15-16H2,1-4H3,(H,28,29). The third-order valence-electron chi connectivity index (χ3n) is 6.74. The molecule has 0 bridgehead atoms. The second kappa shape index (κ2) is 8.94. The molecule has 9 heteroatoms. The van der Waals surface area contributed by atoms with Gasteiger partial charge in [-0.25, -0.2) is 13.4 Å². The van der Waals surface area contributed by atoms with E-state index in [1.54, 1.807) is 33.0 Å². The van der Waals surface area contributed by atoms with Crippen molar-refractivity contribution in [1.82, 2.24) is 9.29 Å². The molecule has 0 atom stereocenters. The Hall–Kier alpha value is -2.49. The number of hydrogen-bond acceptors (Lipinski definition) is 6. The maximum atomic E-state index is 13.8. The zero-order chi connectivity index (χ0) is 24.7. The van der Waals surface area contributed by atoms with Crippen LogP contribution in [0, 0.1) is 19.3 Å². The second-order valence-corrected chi connectivity index (χ2v) is 12.0. The number of ether oxygens (including phenoxy) is 2. The first-order valence-electron chi connectivity index (χ1n) is 11.5. The van der Waals surface area contributed by atoms with Gasteiger partial charge in [0.1, 0.15) is 10.5 Å². The molecular formula is C25H32N2O6S. The van der Waals surface area contributed by atoms with E-state index in [9.17, 15) is 18.3 Å². The molecule has 34 heavy (non-hydrogen) atoms. The zero-order valence-corrected chi connectivity index (χ0v) is 20.9. The maximum Gasteiger partial charge on any atom is 0.309 e. The Morgan fingerprint density at radius 2 is 1.91 bits per heavy atom. The fourth-order valence-corrected chi connectivity index (χ4v) is 6.14. The fourth-order valence-electron chi connectivity index (χ4n) is 4.50. The molecule has 184 valence electrons. The minimum atomic E-state index is -3.88. The van der Waals surface area contributed by atoms with Crippen LogP contribution in [0.25, 0.3) is 0 Å². The highest BCUT2D eigenvalue weighted by Crippen LogP contribution is 2.38. The molecule has 2 aliphatic rings. The molecule has 1 aromatic heterocycles. The molecule has 1 N–H and O–H groups in total. The van der Waals surface area contributed by atoms with E-state index >= 15 is 0 Å². The largest absolute Gasteiger partial charge is 0.481 e. The summed E-state index contributed by atoms with van der Waals surface area (Å²) >= 11 is 0. The van der Waals surface area contributed by atoms with Crippen LogP contribution in [0.3, 0.4) is 0 Å². The summed E-state index contributed by atoms with van der Waals surface area (Å²) in [5.74, 6) is -0.730. The van der Waals surface area contributed by atoms with E-state index in [-0.39, 0.29) is 23.9 Å². The van der Waals surface area contributed by atoms with E-state index in [1.807, 2.05) is 25.1 Å². The van der Waals surface area contributed by atoms with Crippen molar-refractivity contribution in [3.05, 3.63) is 52.7 Å². The van der Waals surface area contributed by atoms with Gasteiger partial charge in [-0.3, -0.25) is 4.79 Å². The lowest BCUT2D eigenvalue weighted by molar-refractivity contribution is -0.146. The van der Waals surface area contributed by atoms with Gasteiger partial charge in [0.15, 0.2) is 0 Å². The number of nitrogens with zero attached hydrogens (tertiary/aromatic N) is 2. The van der Waals surface area contributed by atoms with Gasteiger partial charge in [0.05, 0.1) is 25.2 Å². The number of aliphatic carboxylic acids is 1. The van der Waals surface area contributed by atoms with Crippen molar-refractivity contribution >= 4 is 16.0 Å². The average molecular weight is 489 g/mol. The van der Waals surface area contributed by atoms with Gasteiger partial charge in [0.25, 0.3) is 0 Å². The lowest BCUT2D eigenvalue weighted by Crippen LogP contribution is -2.50. The average Bonchev–Trinajstić information content (AvgIpc) is 2.84. The quantitative estimate of drug-likeness (QED) is 0.687. The normalized spacial score (nSPS) is 19.8. The number of hydrogen-bond donors (Lipinski definition) is 1. The number of benzene rings is 1. The molecule has 1 fully saturated rings. The Labute approximate surface area is 201 Å². The highest BCUT2D eigenvalue weighted by Gasteiger charge is 2.45. The molecule has 0 saturated carbocycles.